The Morgan fingerprint density at radius 2 is 2.00 bits per heavy atom. The first-order valence-electron chi connectivity index (χ1n) is 6.65. The molecule has 0 heterocycles. The number of ether oxygens (including phenoxy) is 1. The highest BCUT2D eigenvalue weighted by Gasteiger charge is 2.20. The van der Waals surface area contributed by atoms with Gasteiger partial charge in [-0.1, -0.05) is 26.2 Å². The van der Waals surface area contributed by atoms with E-state index in [0.29, 0.717) is 6.04 Å². The topological polar surface area (TPSA) is 21.3 Å². The molecule has 0 unspecified atom stereocenters. The average Bonchev–Trinajstić information content (AvgIpc) is 2.76. The number of rotatable bonds is 8. The van der Waals surface area contributed by atoms with E-state index < -0.39 is 0 Å². The van der Waals surface area contributed by atoms with Crippen LogP contribution in [0.1, 0.15) is 52.4 Å². The molecule has 90 valence electrons. The van der Waals surface area contributed by atoms with Crippen molar-refractivity contribution in [1.82, 2.24) is 5.32 Å². The van der Waals surface area contributed by atoms with Gasteiger partial charge in [0.25, 0.3) is 0 Å². The summed E-state index contributed by atoms with van der Waals surface area (Å²) in [5, 5.41) is 3.58. The van der Waals surface area contributed by atoms with Gasteiger partial charge in [-0.3, -0.25) is 0 Å². The predicted octanol–water partition coefficient (Wildman–Crippen LogP) is 2.97. The van der Waals surface area contributed by atoms with Crippen LogP contribution in [0.2, 0.25) is 0 Å². The second-order valence-electron chi connectivity index (χ2n) is 4.75. The zero-order chi connectivity index (χ0) is 10.9. The lowest BCUT2D eigenvalue weighted by Gasteiger charge is -2.20. The fourth-order valence-corrected chi connectivity index (χ4v) is 2.33. The van der Waals surface area contributed by atoms with Crippen molar-refractivity contribution in [3.8, 4) is 0 Å². The SMILES string of the molecule is CCCCOCCN[C@@H](C)C1CCCC1. The minimum atomic E-state index is 0.683. The van der Waals surface area contributed by atoms with Crippen LogP contribution < -0.4 is 5.32 Å². The van der Waals surface area contributed by atoms with Crippen LogP contribution in [0.3, 0.4) is 0 Å². The van der Waals surface area contributed by atoms with Gasteiger partial charge >= 0.3 is 0 Å². The van der Waals surface area contributed by atoms with E-state index in [2.05, 4.69) is 19.2 Å². The smallest absolute Gasteiger partial charge is 0.0590 e. The highest BCUT2D eigenvalue weighted by atomic mass is 16.5. The molecule has 1 saturated carbocycles. The summed E-state index contributed by atoms with van der Waals surface area (Å²) in [5.41, 5.74) is 0. The van der Waals surface area contributed by atoms with Gasteiger partial charge in [0.2, 0.25) is 0 Å². The number of nitrogens with one attached hydrogen (secondary N) is 1. The Balaban J connectivity index is 1.90. The molecule has 1 fully saturated rings. The summed E-state index contributed by atoms with van der Waals surface area (Å²) in [7, 11) is 0. The Kier molecular flexibility index (Phi) is 7.03. The van der Waals surface area contributed by atoms with Crippen LogP contribution in [-0.2, 0) is 4.74 Å². The highest BCUT2D eigenvalue weighted by Crippen LogP contribution is 2.27. The van der Waals surface area contributed by atoms with Crippen LogP contribution in [0.5, 0.6) is 0 Å². The maximum absolute atomic E-state index is 5.52. The van der Waals surface area contributed by atoms with E-state index in [9.17, 15) is 0 Å². The van der Waals surface area contributed by atoms with Crippen molar-refractivity contribution < 1.29 is 4.74 Å². The fourth-order valence-electron chi connectivity index (χ4n) is 2.33. The Morgan fingerprint density at radius 1 is 1.27 bits per heavy atom. The first kappa shape index (κ1) is 13.0. The van der Waals surface area contributed by atoms with Crippen LogP contribution in [0.4, 0.5) is 0 Å². The van der Waals surface area contributed by atoms with E-state index in [1.165, 1.54) is 38.5 Å². The number of hydrogen-bond donors (Lipinski definition) is 1. The molecule has 0 radical (unpaired) electrons. The molecule has 0 aromatic rings. The Morgan fingerprint density at radius 3 is 2.67 bits per heavy atom. The monoisotopic (exact) mass is 213 g/mol. The van der Waals surface area contributed by atoms with Crippen molar-refractivity contribution in [3.63, 3.8) is 0 Å². The standard InChI is InChI=1S/C13H27NO/c1-3-4-10-15-11-9-14-12(2)13-7-5-6-8-13/h12-14H,3-11H2,1-2H3/t12-/m0/s1. The Hall–Kier alpha value is -0.0800. The van der Waals surface area contributed by atoms with Gasteiger partial charge in [-0.05, 0) is 32.1 Å². The summed E-state index contributed by atoms with van der Waals surface area (Å²) >= 11 is 0. The lowest BCUT2D eigenvalue weighted by molar-refractivity contribution is 0.129. The van der Waals surface area contributed by atoms with Crippen LogP contribution in [0.25, 0.3) is 0 Å². The predicted molar refractivity (Wildman–Crippen MR) is 65.1 cm³/mol. The summed E-state index contributed by atoms with van der Waals surface area (Å²) in [4.78, 5) is 0. The van der Waals surface area contributed by atoms with Crippen molar-refractivity contribution in [2.24, 2.45) is 5.92 Å². The van der Waals surface area contributed by atoms with Crippen molar-refractivity contribution in [3.05, 3.63) is 0 Å². The van der Waals surface area contributed by atoms with Crippen molar-refractivity contribution in [1.29, 1.82) is 0 Å². The minimum Gasteiger partial charge on any atom is -0.380 e. The van der Waals surface area contributed by atoms with Gasteiger partial charge in [-0.25, -0.2) is 0 Å². The van der Waals surface area contributed by atoms with E-state index in [4.69, 9.17) is 4.74 Å². The zero-order valence-corrected chi connectivity index (χ0v) is 10.4. The maximum atomic E-state index is 5.52. The molecule has 15 heavy (non-hydrogen) atoms. The van der Waals surface area contributed by atoms with Crippen molar-refractivity contribution >= 4 is 0 Å². The Bertz CT molecular complexity index is 143. The van der Waals surface area contributed by atoms with Gasteiger partial charge in [0, 0.05) is 19.2 Å². The molecule has 1 rings (SSSR count). The van der Waals surface area contributed by atoms with Gasteiger partial charge in [0.05, 0.1) is 6.61 Å². The van der Waals surface area contributed by atoms with E-state index in [0.717, 1.165) is 25.7 Å². The molecule has 0 aromatic carbocycles. The van der Waals surface area contributed by atoms with Crippen LogP contribution >= 0.6 is 0 Å². The van der Waals surface area contributed by atoms with Gasteiger partial charge in [0.15, 0.2) is 0 Å². The number of hydrogen-bond acceptors (Lipinski definition) is 2. The van der Waals surface area contributed by atoms with E-state index in [-0.39, 0.29) is 0 Å². The minimum absolute atomic E-state index is 0.683. The quantitative estimate of drug-likeness (QED) is 0.626. The first-order valence-corrected chi connectivity index (χ1v) is 6.65. The van der Waals surface area contributed by atoms with Crippen molar-refractivity contribution in [2.75, 3.05) is 19.8 Å². The average molecular weight is 213 g/mol. The van der Waals surface area contributed by atoms with Crippen molar-refractivity contribution in [2.45, 2.75) is 58.4 Å². The third-order valence-corrected chi connectivity index (χ3v) is 3.46. The molecule has 0 amide bonds. The summed E-state index contributed by atoms with van der Waals surface area (Å²) in [6.45, 7) is 7.33. The molecule has 1 aliphatic rings. The van der Waals surface area contributed by atoms with Gasteiger partial charge in [-0.2, -0.15) is 0 Å². The fraction of sp³-hybridized carbons (Fsp3) is 1.00. The molecule has 2 heteroatoms. The third-order valence-electron chi connectivity index (χ3n) is 3.46. The second-order valence-corrected chi connectivity index (χ2v) is 4.75. The molecule has 0 saturated heterocycles. The molecule has 0 bridgehead atoms. The van der Waals surface area contributed by atoms with Gasteiger partial charge < -0.3 is 10.1 Å². The van der Waals surface area contributed by atoms with Crippen LogP contribution in [-0.4, -0.2) is 25.8 Å². The molecule has 2 nitrogen and oxygen atoms in total. The molecular formula is C13H27NO. The molecule has 0 aliphatic heterocycles. The zero-order valence-electron chi connectivity index (χ0n) is 10.4. The summed E-state index contributed by atoms with van der Waals surface area (Å²) < 4.78 is 5.52. The molecule has 0 spiro atoms. The third kappa shape index (κ3) is 5.53. The van der Waals surface area contributed by atoms with Gasteiger partial charge in [0.1, 0.15) is 0 Å². The Labute approximate surface area is 94.8 Å². The molecule has 1 aliphatic carbocycles. The number of unbranched alkanes of at least 4 members (excludes halogenated alkanes) is 1. The van der Waals surface area contributed by atoms with Crippen LogP contribution in [0, 0.1) is 5.92 Å². The molecule has 0 aromatic heterocycles. The summed E-state index contributed by atoms with van der Waals surface area (Å²) in [6.07, 6.45) is 8.13. The van der Waals surface area contributed by atoms with E-state index >= 15 is 0 Å². The van der Waals surface area contributed by atoms with E-state index in [1.54, 1.807) is 0 Å². The second kappa shape index (κ2) is 8.12. The lowest BCUT2D eigenvalue weighted by Crippen LogP contribution is -2.34. The molecule has 1 atom stereocenters. The van der Waals surface area contributed by atoms with E-state index in [1.807, 2.05) is 0 Å². The van der Waals surface area contributed by atoms with Crippen LogP contribution in [0.15, 0.2) is 0 Å². The first-order chi connectivity index (χ1) is 7.34. The maximum Gasteiger partial charge on any atom is 0.0590 e. The lowest BCUT2D eigenvalue weighted by atomic mass is 10.00. The normalized spacial score (nSPS) is 19.6. The largest absolute Gasteiger partial charge is 0.380 e. The summed E-state index contributed by atoms with van der Waals surface area (Å²) in [6, 6.07) is 0.683. The molecule has 1 N–H and O–H groups in total. The highest BCUT2D eigenvalue weighted by molar-refractivity contribution is 4.76. The van der Waals surface area contributed by atoms with Gasteiger partial charge in [-0.15, -0.1) is 0 Å². The molecular weight excluding hydrogens is 186 g/mol. The summed E-state index contributed by atoms with van der Waals surface area (Å²) in [5.74, 6) is 0.917.